The van der Waals surface area contributed by atoms with Gasteiger partial charge < -0.3 is 0 Å². The normalized spacial score (nSPS) is 11.2. The number of nitrogens with zero attached hydrogens (tertiary/aromatic N) is 4. The first kappa shape index (κ1) is 12.2. The Balaban J connectivity index is 1.92. The Labute approximate surface area is 130 Å². The van der Waals surface area contributed by atoms with Gasteiger partial charge in [0.1, 0.15) is 0 Å². The van der Waals surface area contributed by atoms with E-state index in [-0.39, 0.29) is 0 Å². The summed E-state index contributed by atoms with van der Waals surface area (Å²) in [6.45, 7) is 0. The predicted octanol–water partition coefficient (Wildman–Crippen LogP) is 4.34. The van der Waals surface area contributed by atoms with Crippen molar-refractivity contribution in [2.24, 2.45) is 0 Å². The van der Waals surface area contributed by atoms with Gasteiger partial charge in [-0.25, -0.2) is 0 Å². The number of thiophene rings is 1. The van der Waals surface area contributed by atoms with Crippen molar-refractivity contribution in [1.82, 2.24) is 19.8 Å². The number of benzene rings is 1. The van der Waals surface area contributed by atoms with Crippen LogP contribution in [0.3, 0.4) is 0 Å². The van der Waals surface area contributed by atoms with Gasteiger partial charge in [0, 0.05) is 10.0 Å². The standard InChI is InChI=1S/C13H7BrN4S2/c14-9-5-2-1-4-8(9)11-15-16-13-18(11)17-12(20-13)10-6-3-7-19-10/h1-7H. The summed E-state index contributed by atoms with van der Waals surface area (Å²) in [5.74, 6) is 0.756. The van der Waals surface area contributed by atoms with Crippen LogP contribution < -0.4 is 0 Å². The van der Waals surface area contributed by atoms with E-state index < -0.39 is 0 Å². The van der Waals surface area contributed by atoms with Crippen LogP contribution in [0.15, 0.2) is 46.3 Å². The quantitative estimate of drug-likeness (QED) is 0.532. The molecule has 0 unspecified atom stereocenters. The lowest BCUT2D eigenvalue weighted by molar-refractivity contribution is 0.971. The van der Waals surface area contributed by atoms with E-state index in [9.17, 15) is 0 Å². The Morgan fingerprint density at radius 2 is 1.95 bits per heavy atom. The highest BCUT2D eigenvalue weighted by Crippen LogP contribution is 2.32. The fraction of sp³-hybridized carbons (Fsp3) is 0. The molecule has 0 atom stereocenters. The van der Waals surface area contributed by atoms with Crippen molar-refractivity contribution in [3.8, 4) is 21.3 Å². The summed E-state index contributed by atoms with van der Waals surface area (Å²) >= 11 is 6.77. The molecule has 0 radical (unpaired) electrons. The van der Waals surface area contributed by atoms with Crippen molar-refractivity contribution in [1.29, 1.82) is 0 Å². The van der Waals surface area contributed by atoms with E-state index >= 15 is 0 Å². The average molecular weight is 363 g/mol. The van der Waals surface area contributed by atoms with Gasteiger partial charge in [0.25, 0.3) is 0 Å². The van der Waals surface area contributed by atoms with Gasteiger partial charge in [-0.1, -0.05) is 45.5 Å². The van der Waals surface area contributed by atoms with Gasteiger partial charge in [-0.15, -0.1) is 21.5 Å². The summed E-state index contributed by atoms with van der Waals surface area (Å²) in [5.41, 5.74) is 0.989. The minimum absolute atomic E-state index is 0.756. The molecule has 7 heteroatoms. The first-order chi connectivity index (χ1) is 9.83. The van der Waals surface area contributed by atoms with Gasteiger partial charge in [0.2, 0.25) is 4.96 Å². The van der Waals surface area contributed by atoms with E-state index in [4.69, 9.17) is 0 Å². The van der Waals surface area contributed by atoms with Crippen molar-refractivity contribution in [2.75, 3.05) is 0 Å². The van der Waals surface area contributed by atoms with Gasteiger partial charge in [0.05, 0.1) is 4.88 Å². The molecule has 0 bridgehead atoms. The number of hydrogen-bond donors (Lipinski definition) is 0. The SMILES string of the molecule is Brc1ccccc1-c1nnc2sc(-c3cccs3)nn12. The van der Waals surface area contributed by atoms with Crippen LogP contribution in [0.4, 0.5) is 0 Å². The molecule has 98 valence electrons. The first-order valence-corrected chi connectivity index (χ1v) is 8.33. The summed E-state index contributed by atoms with van der Waals surface area (Å²) in [6.07, 6.45) is 0. The molecule has 0 spiro atoms. The Morgan fingerprint density at radius 3 is 2.75 bits per heavy atom. The highest BCUT2D eigenvalue weighted by Gasteiger charge is 2.16. The fourth-order valence-electron chi connectivity index (χ4n) is 1.93. The van der Waals surface area contributed by atoms with Crippen LogP contribution in [0, 0.1) is 0 Å². The van der Waals surface area contributed by atoms with Crippen LogP contribution in [-0.4, -0.2) is 19.8 Å². The largest absolute Gasteiger partial charge is 0.235 e. The third-order valence-electron chi connectivity index (χ3n) is 2.84. The van der Waals surface area contributed by atoms with Gasteiger partial charge >= 0.3 is 0 Å². The molecule has 0 saturated heterocycles. The summed E-state index contributed by atoms with van der Waals surface area (Å²) < 4.78 is 2.79. The summed E-state index contributed by atoms with van der Waals surface area (Å²) in [4.78, 5) is 1.96. The van der Waals surface area contributed by atoms with Crippen molar-refractivity contribution >= 4 is 43.6 Å². The maximum Gasteiger partial charge on any atom is 0.235 e. The van der Waals surface area contributed by atoms with Crippen LogP contribution in [0.5, 0.6) is 0 Å². The highest BCUT2D eigenvalue weighted by atomic mass is 79.9. The Morgan fingerprint density at radius 1 is 1.05 bits per heavy atom. The van der Waals surface area contributed by atoms with E-state index in [1.54, 1.807) is 27.2 Å². The van der Waals surface area contributed by atoms with Crippen molar-refractivity contribution in [3.05, 3.63) is 46.3 Å². The van der Waals surface area contributed by atoms with Crippen molar-refractivity contribution in [3.63, 3.8) is 0 Å². The number of rotatable bonds is 2. The van der Waals surface area contributed by atoms with Crippen molar-refractivity contribution in [2.45, 2.75) is 0 Å². The third-order valence-corrected chi connectivity index (χ3v) is 5.47. The topological polar surface area (TPSA) is 43.1 Å². The van der Waals surface area contributed by atoms with Gasteiger partial charge in [-0.2, -0.15) is 9.61 Å². The Bertz CT molecular complexity index is 879. The average Bonchev–Trinajstić information content (AvgIpc) is 3.15. The molecule has 0 aliphatic rings. The number of hydrogen-bond acceptors (Lipinski definition) is 5. The monoisotopic (exact) mass is 362 g/mol. The third kappa shape index (κ3) is 1.90. The van der Waals surface area contributed by atoms with Crippen molar-refractivity contribution < 1.29 is 0 Å². The molecular formula is C13H7BrN4S2. The number of fused-ring (bicyclic) bond motifs is 1. The fourth-order valence-corrected chi connectivity index (χ4v) is 4.02. The Hall–Kier alpha value is -1.57. The van der Waals surface area contributed by atoms with E-state index in [1.165, 1.54) is 0 Å². The van der Waals surface area contributed by atoms with Crippen LogP contribution in [0.1, 0.15) is 0 Å². The van der Waals surface area contributed by atoms with Crippen LogP contribution in [0.25, 0.3) is 26.2 Å². The highest BCUT2D eigenvalue weighted by molar-refractivity contribution is 9.10. The first-order valence-electron chi connectivity index (χ1n) is 5.84. The van der Waals surface area contributed by atoms with Crippen LogP contribution in [-0.2, 0) is 0 Å². The number of halogens is 1. The summed E-state index contributed by atoms with van der Waals surface area (Å²) in [6, 6.07) is 12.0. The molecule has 20 heavy (non-hydrogen) atoms. The van der Waals surface area contributed by atoms with Crippen LogP contribution >= 0.6 is 38.6 Å². The second kappa shape index (κ2) is 4.76. The second-order valence-electron chi connectivity index (χ2n) is 4.08. The molecule has 4 rings (SSSR count). The molecule has 1 aromatic carbocycles. The number of aromatic nitrogens is 4. The van der Waals surface area contributed by atoms with E-state index in [0.29, 0.717) is 0 Å². The summed E-state index contributed by atoms with van der Waals surface area (Å²) in [7, 11) is 0. The molecular weight excluding hydrogens is 356 g/mol. The molecule has 0 N–H and O–H groups in total. The molecule has 0 amide bonds. The molecule has 0 saturated carbocycles. The van der Waals surface area contributed by atoms with E-state index in [2.05, 4.69) is 37.3 Å². The minimum Gasteiger partial charge on any atom is -0.182 e. The molecule has 0 fully saturated rings. The maximum absolute atomic E-state index is 4.63. The molecule has 4 nitrogen and oxygen atoms in total. The zero-order chi connectivity index (χ0) is 13.5. The maximum atomic E-state index is 4.63. The van der Waals surface area contributed by atoms with E-state index in [0.717, 1.165) is 30.7 Å². The zero-order valence-corrected chi connectivity index (χ0v) is 13.2. The smallest absolute Gasteiger partial charge is 0.182 e. The molecule has 0 aliphatic heterocycles. The molecule has 3 heterocycles. The van der Waals surface area contributed by atoms with Crippen LogP contribution in [0.2, 0.25) is 0 Å². The predicted molar refractivity (Wildman–Crippen MR) is 85.1 cm³/mol. The lowest BCUT2D eigenvalue weighted by Gasteiger charge is -1.99. The lowest BCUT2D eigenvalue weighted by Crippen LogP contribution is -1.91. The van der Waals surface area contributed by atoms with Gasteiger partial charge in [0.15, 0.2) is 10.8 Å². The second-order valence-corrected chi connectivity index (χ2v) is 6.84. The van der Waals surface area contributed by atoms with Gasteiger partial charge in [-0.3, -0.25) is 0 Å². The molecule has 0 aliphatic carbocycles. The molecule has 3 aromatic heterocycles. The van der Waals surface area contributed by atoms with Gasteiger partial charge in [-0.05, 0) is 23.6 Å². The Kier molecular flexibility index (Phi) is 2.90. The zero-order valence-electron chi connectivity index (χ0n) is 10.0. The lowest BCUT2D eigenvalue weighted by atomic mass is 10.2. The summed E-state index contributed by atoms with van der Waals surface area (Å²) in [5, 5.41) is 16.1. The van der Waals surface area contributed by atoms with E-state index in [1.807, 2.05) is 35.7 Å². The minimum atomic E-state index is 0.756. The molecule has 4 aromatic rings.